The number of benzene rings is 8. The molecule has 0 radical (unpaired) electrons. The third-order valence-electron chi connectivity index (χ3n) is 26.1. The van der Waals surface area contributed by atoms with Crippen LogP contribution in [0.5, 0.6) is 46.1 Å². The van der Waals surface area contributed by atoms with Crippen molar-refractivity contribution in [3.8, 4) is 57.4 Å². The molecule has 8 aromatic carbocycles. The van der Waals surface area contributed by atoms with Crippen molar-refractivity contribution in [3.05, 3.63) is 240 Å². The maximum Gasteiger partial charge on any atom is 0.321 e. The second-order valence-corrected chi connectivity index (χ2v) is 35.3. The van der Waals surface area contributed by atoms with Crippen molar-refractivity contribution in [1.82, 2.24) is 44.1 Å². The molecule has 3 spiro atoms. The topological polar surface area (TPSA) is 280 Å². The molecule has 3 saturated carbocycles. The number of aromatic nitrogens is 5. The third kappa shape index (κ3) is 17.3. The number of nitrogens with zero attached hydrogens (tertiary/aromatic N) is 9. The Morgan fingerprint density at radius 3 is 1.65 bits per heavy atom. The maximum absolute atomic E-state index is 14.7. The lowest BCUT2D eigenvalue weighted by Crippen LogP contribution is -2.66. The fourth-order valence-corrected chi connectivity index (χ4v) is 19.7. The van der Waals surface area contributed by atoms with E-state index in [1.54, 1.807) is 103 Å². The summed E-state index contributed by atoms with van der Waals surface area (Å²) in [5.41, 5.74) is 8.33. The Bertz CT molecular complexity index is 6200. The highest BCUT2D eigenvalue weighted by molar-refractivity contribution is 6.30. The average Bonchev–Trinajstić information content (AvgIpc) is 1.45. The molecule has 652 valence electrons. The first-order valence-corrected chi connectivity index (χ1v) is 43.2. The molecule has 31 heteroatoms. The first kappa shape index (κ1) is 82.0. The summed E-state index contributed by atoms with van der Waals surface area (Å²) in [5.74, 6) is 4.34. The van der Waals surface area contributed by atoms with E-state index in [2.05, 4.69) is 41.2 Å². The van der Waals surface area contributed by atoms with Gasteiger partial charge < -0.3 is 88.4 Å². The van der Waals surface area contributed by atoms with Crippen molar-refractivity contribution in [2.45, 2.75) is 94.7 Å². The van der Waals surface area contributed by atoms with Crippen molar-refractivity contribution in [1.29, 1.82) is 0 Å². The molecule has 2 atom stereocenters. The van der Waals surface area contributed by atoms with Gasteiger partial charge in [0.2, 0.25) is 18.6 Å². The Morgan fingerprint density at radius 1 is 0.512 bits per heavy atom. The number of anilines is 4. The van der Waals surface area contributed by atoms with Gasteiger partial charge in [-0.3, -0.25) is 14.8 Å². The molecule has 8 aliphatic heterocycles. The van der Waals surface area contributed by atoms with Crippen LogP contribution in [0.15, 0.2) is 201 Å². The zero-order valence-corrected chi connectivity index (χ0v) is 69.8. The molecule has 0 bridgehead atoms. The Morgan fingerprint density at radius 2 is 1.02 bits per heavy atom. The molecule has 4 saturated heterocycles. The maximum atomic E-state index is 14.7. The number of likely N-dealkylation sites (tertiary alicyclic amines) is 4. The fraction of sp³-hybridized carbons (Fsp3) is 0.333. The molecule has 7 fully saturated rings. The summed E-state index contributed by atoms with van der Waals surface area (Å²) in [7, 11) is 0. The van der Waals surface area contributed by atoms with Crippen LogP contribution in [0.2, 0.25) is 5.02 Å². The summed E-state index contributed by atoms with van der Waals surface area (Å²) in [6.45, 7) is 7.63. The molecule has 12 aromatic rings. The van der Waals surface area contributed by atoms with Gasteiger partial charge in [0.15, 0.2) is 23.0 Å². The molecule has 23 rings (SSSR count). The van der Waals surface area contributed by atoms with E-state index in [4.69, 9.17) is 49.5 Å². The van der Waals surface area contributed by atoms with E-state index in [9.17, 15) is 41.8 Å². The standard InChI is InChI=1S/C26H27FN4O4.C24H22FN3O4.C24H22FN3O3.C22H19ClFN3O2/c27-19-3-1-2-18-21-12-28-14-31(21)20(26(18)19)11-22(32)16-6-8-30(9-7-16)25(33)13-29-17-4-5-23-24(10-17)35-15-34-23;25-15-1-3-19-18(9-15)20(5-6-26-19)32-17-11-24(12-17)13-28(14-24)23(29)27-16-2-4-21-22(10-16)31-8-7-30-21;25-16-1-3-20-19(10-16)22(5-7-26-20)31-18-11-24(12-18)13-28(14-24)23(29)27-17-2-4-21-15(9-17)6-8-30-21;23-15-2-5-17(6-3-15)26-21(28)27-12-22(13-27)10-18(11-22)29-20-19-9-16(24)4-1-14(19)7-8-25-20/h1-5,10,12,14,16,20,22,29,32H,6-9,11,13,15H2;1-6,9-10,17H,7-8,11-14H2,(H,27,29);1-5,7,9-10,18H,6,8,11-14H2,(H,27,29);1-9,18H,10-13H2,(H,26,28). The number of carbonyl (C=O) groups is 4. The van der Waals surface area contributed by atoms with Gasteiger partial charge in [0.05, 0.1) is 54.5 Å². The Labute approximate surface area is 732 Å². The van der Waals surface area contributed by atoms with Gasteiger partial charge in [0.1, 0.15) is 72.0 Å². The molecular weight excluding hydrogens is 1650 g/mol. The van der Waals surface area contributed by atoms with Crippen LogP contribution < -0.4 is 59.2 Å². The first-order valence-electron chi connectivity index (χ1n) is 42.8. The molecule has 11 aliphatic rings. The van der Waals surface area contributed by atoms with E-state index in [0.717, 1.165) is 109 Å². The summed E-state index contributed by atoms with van der Waals surface area (Å²) < 4.78 is 103. The number of nitrogens with one attached hydrogen (secondary N) is 4. The number of urea groups is 3. The van der Waals surface area contributed by atoms with Crippen LogP contribution in [0.4, 0.5) is 54.7 Å². The van der Waals surface area contributed by atoms with E-state index in [0.29, 0.717) is 157 Å². The van der Waals surface area contributed by atoms with Gasteiger partial charge in [0.25, 0.3) is 0 Å². The highest BCUT2D eigenvalue weighted by atomic mass is 35.5. The quantitative estimate of drug-likeness (QED) is 0.0596. The van der Waals surface area contributed by atoms with Crippen LogP contribution in [-0.2, 0) is 11.2 Å². The number of hydrogen-bond donors (Lipinski definition) is 5. The highest BCUT2D eigenvalue weighted by Crippen LogP contribution is 2.54. The van der Waals surface area contributed by atoms with Gasteiger partial charge in [-0.2, -0.15) is 0 Å². The number of aliphatic hydroxyl groups is 1. The lowest BCUT2D eigenvalue weighted by atomic mass is 9.62. The number of hydrogen-bond acceptors (Lipinski definition) is 18. The van der Waals surface area contributed by atoms with Crippen LogP contribution in [-0.4, -0.2) is 183 Å². The monoisotopic (exact) mass is 1740 g/mol. The number of rotatable bonds is 15. The number of halogens is 5. The zero-order valence-electron chi connectivity index (χ0n) is 69.0. The van der Waals surface area contributed by atoms with Gasteiger partial charge in [-0.15, -0.1) is 0 Å². The summed E-state index contributed by atoms with van der Waals surface area (Å²) in [5, 5.41) is 26.6. The highest BCUT2D eigenvalue weighted by Gasteiger charge is 2.57. The number of piperidine rings is 1. The van der Waals surface area contributed by atoms with Crippen LogP contribution >= 0.6 is 11.6 Å². The molecule has 26 nitrogen and oxygen atoms in total. The smallest absolute Gasteiger partial charge is 0.321 e. The number of pyridine rings is 3. The van der Waals surface area contributed by atoms with Crippen molar-refractivity contribution >= 4 is 90.9 Å². The molecular formula is C96H90ClF4N13O13. The average molecular weight is 1750 g/mol. The van der Waals surface area contributed by atoms with Crippen LogP contribution in [0, 0.1) is 45.4 Å². The Hall–Kier alpha value is -13.4. The predicted octanol–water partition coefficient (Wildman–Crippen LogP) is 17.1. The number of imidazole rings is 1. The minimum Gasteiger partial charge on any atom is -0.493 e. The van der Waals surface area contributed by atoms with Gasteiger partial charge >= 0.3 is 18.1 Å². The zero-order chi connectivity index (χ0) is 86.7. The van der Waals surface area contributed by atoms with Crippen molar-refractivity contribution in [2.24, 2.45) is 22.2 Å². The normalized spacial score (nSPS) is 18.7. The van der Waals surface area contributed by atoms with E-state index in [-0.39, 0.29) is 107 Å². The largest absolute Gasteiger partial charge is 0.493 e. The van der Waals surface area contributed by atoms with Crippen molar-refractivity contribution in [3.63, 3.8) is 0 Å². The number of amides is 7. The number of ether oxygens (including phenoxy) is 8. The summed E-state index contributed by atoms with van der Waals surface area (Å²) in [6, 6.07) is 47.4. The minimum absolute atomic E-state index is 0.0189. The van der Waals surface area contributed by atoms with E-state index < -0.39 is 6.10 Å². The molecule has 12 heterocycles. The van der Waals surface area contributed by atoms with Gasteiger partial charge in [0, 0.05) is 161 Å². The lowest BCUT2D eigenvalue weighted by Gasteiger charge is -2.58. The molecule has 127 heavy (non-hydrogen) atoms. The fourth-order valence-electron chi connectivity index (χ4n) is 19.6. The van der Waals surface area contributed by atoms with Crippen LogP contribution in [0.1, 0.15) is 75.0 Å². The third-order valence-corrected chi connectivity index (χ3v) is 26.3. The number of aliphatic hydroxyl groups excluding tert-OH is 1. The Balaban J connectivity index is 0.000000107. The minimum atomic E-state index is -0.593. The van der Waals surface area contributed by atoms with Gasteiger partial charge in [-0.05, 0) is 214 Å². The molecule has 5 N–H and O–H groups in total. The SMILES string of the molecule is O=C(CNc1ccc2c(c1)OCO2)N1CCC(C(O)CC2c3c(F)cccc3-c3cncn32)CC1.O=C(Nc1ccc(Cl)cc1)N1CC2(CC(Oc3nccc4ccc(F)cc34)C2)C1.O=C(Nc1ccc2c(c1)CCO2)N1CC2(CC(Oc3ccnc4ccc(F)cc34)C2)C1.O=C(Nc1ccc2c(c1)OCCO2)N1CC2(CC(Oc3ccnc4ccc(F)cc34)C2)C1. The van der Waals surface area contributed by atoms with Gasteiger partial charge in [-0.1, -0.05) is 29.8 Å². The molecule has 3 aliphatic carbocycles. The van der Waals surface area contributed by atoms with Gasteiger partial charge in [-0.25, -0.2) is 41.9 Å². The second-order valence-electron chi connectivity index (χ2n) is 34.9. The van der Waals surface area contributed by atoms with Crippen LogP contribution in [0.3, 0.4) is 0 Å². The predicted molar refractivity (Wildman–Crippen MR) is 466 cm³/mol. The van der Waals surface area contributed by atoms with E-state index >= 15 is 0 Å². The van der Waals surface area contributed by atoms with Crippen molar-refractivity contribution in [2.75, 3.05) is 107 Å². The number of fused-ring (bicyclic) bond motifs is 9. The molecule has 4 aromatic heterocycles. The first-order chi connectivity index (χ1) is 61.7. The summed E-state index contributed by atoms with van der Waals surface area (Å²) >= 11 is 5.87. The van der Waals surface area contributed by atoms with Crippen molar-refractivity contribution < 1.29 is 79.7 Å². The lowest BCUT2D eigenvalue weighted by molar-refractivity contribution is -0.131. The second kappa shape index (κ2) is 34.2. The molecule has 2 unspecified atom stereocenters. The Kier molecular flexibility index (Phi) is 22.1. The summed E-state index contributed by atoms with van der Waals surface area (Å²) in [6.07, 6.45) is 16.1. The van der Waals surface area contributed by atoms with E-state index in [1.807, 2.05) is 79.9 Å². The number of carbonyl (C=O) groups excluding carboxylic acids is 4. The summed E-state index contributed by atoms with van der Waals surface area (Å²) in [4.78, 5) is 74.6. The molecule has 7 amide bonds. The van der Waals surface area contributed by atoms with E-state index in [1.165, 1.54) is 42.5 Å². The van der Waals surface area contributed by atoms with Crippen LogP contribution in [0.25, 0.3) is 43.8 Å².